The lowest BCUT2D eigenvalue weighted by Crippen LogP contribution is -1.97. The summed E-state index contributed by atoms with van der Waals surface area (Å²) in [6, 6.07) is 20.9. The Bertz CT molecular complexity index is 919. The van der Waals surface area contributed by atoms with E-state index in [0.29, 0.717) is 0 Å². The number of aromatic nitrogens is 2. The first-order valence-corrected chi connectivity index (χ1v) is 6.76. The molecule has 0 amide bonds. The van der Waals surface area contributed by atoms with Gasteiger partial charge in [-0.2, -0.15) is 0 Å². The number of fused-ring (bicyclic) bond motifs is 2. The lowest BCUT2D eigenvalue weighted by Gasteiger charge is -2.08. The number of benzene rings is 2. The highest BCUT2D eigenvalue weighted by atomic mass is 15.1. The highest BCUT2D eigenvalue weighted by Crippen LogP contribution is 2.23. The maximum Gasteiger partial charge on any atom is 0.137 e. The van der Waals surface area contributed by atoms with Crippen LogP contribution in [0.15, 0.2) is 66.9 Å². The number of para-hydroxylation sites is 2. The molecule has 0 unspecified atom stereocenters. The molecule has 0 aliphatic carbocycles. The van der Waals surface area contributed by atoms with Gasteiger partial charge in [0.25, 0.3) is 0 Å². The molecular weight excluding hydrogens is 244 g/mol. The minimum Gasteiger partial charge on any atom is -0.301 e. The van der Waals surface area contributed by atoms with Crippen LogP contribution in [-0.2, 0) is 0 Å². The van der Waals surface area contributed by atoms with Gasteiger partial charge >= 0.3 is 0 Å². The molecule has 4 aromatic rings. The van der Waals surface area contributed by atoms with E-state index in [1.54, 1.807) is 0 Å². The third-order valence-electron chi connectivity index (χ3n) is 3.74. The third-order valence-corrected chi connectivity index (χ3v) is 3.74. The summed E-state index contributed by atoms with van der Waals surface area (Å²) in [5.41, 5.74) is 3.53. The molecule has 2 heterocycles. The first kappa shape index (κ1) is 11.2. The van der Waals surface area contributed by atoms with Crippen molar-refractivity contribution in [1.82, 2.24) is 9.55 Å². The van der Waals surface area contributed by atoms with Gasteiger partial charge in [-0.15, -0.1) is 0 Å². The number of rotatable bonds is 1. The second-order valence-corrected chi connectivity index (χ2v) is 5.06. The van der Waals surface area contributed by atoms with Crippen LogP contribution in [-0.4, -0.2) is 9.55 Å². The topological polar surface area (TPSA) is 17.8 Å². The van der Waals surface area contributed by atoms with E-state index < -0.39 is 0 Å². The van der Waals surface area contributed by atoms with Gasteiger partial charge in [0.2, 0.25) is 0 Å². The lowest BCUT2D eigenvalue weighted by molar-refractivity contribution is 1.06. The summed E-state index contributed by atoms with van der Waals surface area (Å²) >= 11 is 0. The molecule has 0 fully saturated rings. The van der Waals surface area contributed by atoms with Crippen LogP contribution >= 0.6 is 0 Å². The predicted molar refractivity (Wildman–Crippen MR) is 83.3 cm³/mol. The zero-order chi connectivity index (χ0) is 13.5. The molecule has 0 spiro atoms. The summed E-state index contributed by atoms with van der Waals surface area (Å²) in [7, 11) is 0. The zero-order valence-corrected chi connectivity index (χ0v) is 11.2. The Labute approximate surface area is 117 Å². The first-order valence-electron chi connectivity index (χ1n) is 6.76. The smallest absolute Gasteiger partial charge is 0.137 e. The Morgan fingerprint density at radius 2 is 1.65 bits per heavy atom. The second-order valence-electron chi connectivity index (χ2n) is 5.06. The van der Waals surface area contributed by atoms with Crippen molar-refractivity contribution in [2.75, 3.05) is 0 Å². The van der Waals surface area contributed by atoms with Gasteiger partial charge in [-0.05, 0) is 36.8 Å². The largest absolute Gasteiger partial charge is 0.301 e. The van der Waals surface area contributed by atoms with Gasteiger partial charge in [0.05, 0.1) is 11.0 Å². The Kier molecular flexibility index (Phi) is 2.36. The zero-order valence-electron chi connectivity index (χ0n) is 11.2. The van der Waals surface area contributed by atoms with Crippen LogP contribution in [0.25, 0.3) is 27.6 Å². The molecule has 0 aliphatic heterocycles. The molecule has 96 valence electrons. The molecule has 0 saturated heterocycles. The molecule has 0 radical (unpaired) electrons. The number of pyridine rings is 1. The van der Waals surface area contributed by atoms with Crippen molar-refractivity contribution >= 4 is 21.8 Å². The van der Waals surface area contributed by atoms with Gasteiger partial charge < -0.3 is 4.57 Å². The summed E-state index contributed by atoms with van der Waals surface area (Å²) in [5, 5.41) is 2.42. The molecule has 0 atom stereocenters. The molecule has 2 nitrogen and oxygen atoms in total. The molecule has 2 heteroatoms. The van der Waals surface area contributed by atoms with Crippen molar-refractivity contribution in [3.8, 4) is 5.82 Å². The summed E-state index contributed by atoms with van der Waals surface area (Å²) in [6.07, 6.45) is 2.09. The van der Waals surface area contributed by atoms with E-state index >= 15 is 0 Å². The minimum atomic E-state index is 0.966. The molecule has 0 aliphatic rings. The summed E-state index contributed by atoms with van der Waals surface area (Å²) in [5.74, 6) is 0.966. The highest BCUT2D eigenvalue weighted by molar-refractivity contribution is 5.85. The van der Waals surface area contributed by atoms with Crippen LogP contribution in [0.4, 0.5) is 0 Å². The van der Waals surface area contributed by atoms with Crippen LogP contribution in [0.3, 0.4) is 0 Å². The average Bonchev–Trinajstić information content (AvgIpc) is 2.92. The van der Waals surface area contributed by atoms with Gasteiger partial charge in [-0.25, -0.2) is 4.98 Å². The second kappa shape index (κ2) is 4.20. The van der Waals surface area contributed by atoms with Gasteiger partial charge in [-0.1, -0.05) is 36.4 Å². The summed E-state index contributed by atoms with van der Waals surface area (Å²) in [6.45, 7) is 2.14. The number of aryl methyl sites for hydroxylation is 1. The van der Waals surface area contributed by atoms with Crippen molar-refractivity contribution in [2.45, 2.75) is 6.92 Å². The van der Waals surface area contributed by atoms with Crippen LogP contribution in [0.5, 0.6) is 0 Å². The van der Waals surface area contributed by atoms with E-state index in [2.05, 4.69) is 66.2 Å². The van der Waals surface area contributed by atoms with E-state index in [-0.39, 0.29) is 0 Å². The minimum absolute atomic E-state index is 0.966. The lowest BCUT2D eigenvalue weighted by atomic mass is 10.1. The van der Waals surface area contributed by atoms with E-state index in [1.165, 1.54) is 21.9 Å². The van der Waals surface area contributed by atoms with Crippen LogP contribution in [0, 0.1) is 6.92 Å². The van der Waals surface area contributed by atoms with E-state index in [1.807, 2.05) is 12.1 Å². The first-order chi connectivity index (χ1) is 9.83. The summed E-state index contributed by atoms with van der Waals surface area (Å²) < 4.78 is 2.16. The van der Waals surface area contributed by atoms with E-state index in [0.717, 1.165) is 11.3 Å². The number of hydrogen-bond acceptors (Lipinski definition) is 1. The molecule has 4 rings (SSSR count). The Morgan fingerprint density at radius 1 is 0.800 bits per heavy atom. The molecule has 20 heavy (non-hydrogen) atoms. The standard InChI is InChI=1S/C18H14N2/c1-13-5-4-7-15-11-12-20(18(13)15)17-10-9-14-6-2-3-8-16(14)19-17/h2-12H,1H3. The molecular formula is C18H14N2. The van der Waals surface area contributed by atoms with Crippen LogP contribution < -0.4 is 0 Å². The van der Waals surface area contributed by atoms with Crippen molar-refractivity contribution in [1.29, 1.82) is 0 Å². The SMILES string of the molecule is Cc1cccc2ccn(-c3ccc4ccccc4n3)c12. The normalized spacial score (nSPS) is 11.2. The molecule has 2 aromatic heterocycles. The van der Waals surface area contributed by atoms with Gasteiger partial charge in [-0.3, -0.25) is 0 Å². The van der Waals surface area contributed by atoms with Gasteiger partial charge in [0.1, 0.15) is 5.82 Å². The maximum atomic E-state index is 4.77. The molecule has 0 N–H and O–H groups in total. The molecule has 2 aromatic carbocycles. The van der Waals surface area contributed by atoms with Crippen molar-refractivity contribution < 1.29 is 0 Å². The monoisotopic (exact) mass is 258 g/mol. The van der Waals surface area contributed by atoms with Crippen LogP contribution in [0.2, 0.25) is 0 Å². The molecule has 0 bridgehead atoms. The fourth-order valence-corrected chi connectivity index (χ4v) is 2.75. The van der Waals surface area contributed by atoms with Crippen molar-refractivity contribution in [3.05, 3.63) is 72.4 Å². The third kappa shape index (κ3) is 1.62. The van der Waals surface area contributed by atoms with Gasteiger partial charge in [0, 0.05) is 17.0 Å². The number of hydrogen-bond donors (Lipinski definition) is 0. The van der Waals surface area contributed by atoms with Crippen LogP contribution in [0.1, 0.15) is 5.56 Å². The number of nitrogens with zero attached hydrogens (tertiary/aromatic N) is 2. The predicted octanol–water partition coefficient (Wildman–Crippen LogP) is 4.49. The summed E-state index contributed by atoms with van der Waals surface area (Å²) in [4.78, 5) is 4.77. The van der Waals surface area contributed by atoms with Crippen molar-refractivity contribution in [3.63, 3.8) is 0 Å². The fourth-order valence-electron chi connectivity index (χ4n) is 2.75. The van der Waals surface area contributed by atoms with E-state index in [9.17, 15) is 0 Å². The fraction of sp³-hybridized carbons (Fsp3) is 0.0556. The highest BCUT2D eigenvalue weighted by Gasteiger charge is 2.07. The van der Waals surface area contributed by atoms with Gasteiger partial charge in [0.15, 0.2) is 0 Å². The Balaban J connectivity index is 2.01. The Hall–Kier alpha value is -2.61. The van der Waals surface area contributed by atoms with Crippen molar-refractivity contribution in [2.24, 2.45) is 0 Å². The Morgan fingerprint density at radius 3 is 2.60 bits per heavy atom. The molecule has 0 saturated carbocycles. The average molecular weight is 258 g/mol. The van der Waals surface area contributed by atoms with E-state index in [4.69, 9.17) is 4.98 Å². The maximum absolute atomic E-state index is 4.77. The quantitative estimate of drug-likeness (QED) is 0.492.